The van der Waals surface area contributed by atoms with Crippen molar-refractivity contribution < 1.29 is 4.74 Å². The maximum absolute atomic E-state index is 9.52. The Hall–Kier alpha value is -2.25. The van der Waals surface area contributed by atoms with Crippen LogP contribution in [-0.2, 0) is 6.61 Å². The van der Waals surface area contributed by atoms with Crippen LogP contribution in [0, 0.1) is 18.3 Å². The third kappa shape index (κ3) is 5.17. The lowest BCUT2D eigenvalue weighted by atomic mass is 10.0. The second-order valence-corrected chi connectivity index (χ2v) is 7.99. The van der Waals surface area contributed by atoms with E-state index >= 15 is 0 Å². The molecule has 0 heterocycles. The van der Waals surface area contributed by atoms with Gasteiger partial charge in [-0.3, -0.25) is 0 Å². The zero-order valence-corrected chi connectivity index (χ0v) is 18.1. The Morgan fingerprint density at radius 1 is 1.04 bits per heavy atom. The maximum atomic E-state index is 9.52. The van der Waals surface area contributed by atoms with Crippen LogP contribution in [0.5, 0.6) is 5.75 Å². The van der Waals surface area contributed by atoms with Crippen molar-refractivity contribution in [3.63, 3.8) is 0 Å². The minimum Gasteiger partial charge on any atom is -0.486 e. The lowest BCUT2D eigenvalue weighted by molar-refractivity contribution is 0.306. The highest BCUT2D eigenvalue weighted by atomic mass is 79.9. The fourth-order valence-electron chi connectivity index (χ4n) is 2.62. The summed E-state index contributed by atoms with van der Waals surface area (Å²) in [5.41, 5.74) is 4.26. The first-order valence-corrected chi connectivity index (χ1v) is 10.1. The minimum atomic E-state index is 0.356. The summed E-state index contributed by atoms with van der Waals surface area (Å²) in [4.78, 5) is 0. The molecule has 0 saturated heterocycles. The molecule has 28 heavy (non-hydrogen) atoms. The molecule has 3 rings (SSSR count). The molecule has 3 aromatic rings. The number of aryl methyl sites for hydroxylation is 1. The number of halogens is 3. The van der Waals surface area contributed by atoms with Gasteiger partial charge in [0.25, 0.3) is 0 Å². The molecule has 2 nitrogen and oxygen atoms in total. The van der Waals surface area contributed by atoms with Gasteiger partial charge in [0.15, 0.2) is 5.75 Å². The van der Waals surface area contributed by atoms with Crippen molar-refractivity contribution in [2.45, 2.75) is 13.5 Å². The van der Waals surface area contributed by atoms with E-state index in [-0.39, 0.29) is 0 Å². The van der Waals surface area contributed by atoms with Gasteiger partial charge in [0.05, 0.1) is 21.7 Å². The Labute approximate surface area is 183 Å². The Morgan fingerprint density at radius 3 is 2.21 bits per heavy atom. The molecule has 0 fully saturated rings. The third-order valence-corrected chi connectivity index (χ3v) is 5.20. The normalized spacial score (nSPS) is 11.2. The predicted molar refractivity (Wildman–Crippen MR) is 120 cm³/mol. The van der Waals surface area contributed by atoms with Crippen molar-refractivity contribution in [2.75, 3.05) is 0 Å². The van der Waals surface area contributed by atoms with Crippen molar-refractivity contribution in [1.29, 1.82) is 5.26 Å². The molecule has 0 aromatic heterocycles. The fraction of sp³-hybridized carbons (Fsp3) is 0.0870. The molecule has 0 bridgehead atoms. The quantitative estimate of drug-likeness (QED) is 0.281. The van der Waals surface area contributed by atoms with E-state index in [9.17, 15) is 5.26 Å². The Morgan fingerprint density at radius 2 is 1.64 bits per heavy atom. The number of ether oxygens (including phenoxy) is 1. The highest BCUT2D eigenvalue weighted by molar-refractivity contribution is 9.10. The summed E-state index contributed by atoms with van der Waals surface area (Å²) < 4.78 is 6.82. The molecule has 0 aliphatic heterocycles. The van der Waals surface area contributed by atoms with E-state index in [0.717, 1.165) is 26.7 Å². The van der Waals surface area contributed by atoms with E-state index in [2.05, 4.69) is 22.0 Å². The number of allylic oxidation sites excluding steroid dienone is 1. The molecule has 0 aliphatic rings. The Kier molecular flexibility index (Phi) is 6.80. The van der Waals surface area contributed by atoms with Crippen LogP contribution in [0.25, 0.3) is 11.6 Å². The molecule has 140 valence electrons. The van der Waals surface area contributed by atoms with Crippen molar-refractivity contribution in [2.24, 2.45) is 0 Å². The van der Waals surface area contributed by atoms with Crippen LogP contribution in [0.2, 0.25) is 10.0 Å². The zero-order valence-electron chi connectivity index (χ0n) is 15.0. The van der Waals surface area contributed by atoms with Crippen LogP contribution in [0.4, 0.5) is 0 Å². The van der Waals surface area contributed by atoms with Crippen LogP contribution >= 0.6 is 39.1 Å². The molecule has 0 unspecified atom stereocenters. The van der Waals surface area contributed by atoms with E-state index in [1.54, 1.807) is 18.2 Å². The largest absolute Gasteiger partial charge is 0.486 e. The molecule has 5 heteroatoms. The van der Waals surface area contributed by atoms with Gasteiger partial charge in [-0.15, -0.1) is 0 Å². The van der Waals surface area contributed by atoms with Gasteiger partial charge in [0, 0.05) is 4.47 Å². The highest BCUT2D eigenvalue weighted by Crippen LogP contribution is 2.36. The molecular weight excluding hydrogens is 457 g/mol. The first-order chi connectivity index (χ1) is 13.5. The van der Waals surface area contributed by atoms with Gasteiger partial charge in [0.1, 0.15) is 6.61 Å². The smallest absolute Gasteiger partial charge is 0.157 e. The molecule has 3 aromatic carbocycles. The molecule has 0 N–H and O–H groups in total. The average Bonchev–Trinajstić information content (AvgIpc) is 2.67. The van der Waals surface area contributed by atoms with Crippen LogP contribution in [-0.4, -0.2) is 0 Å². The minimum absolute atomic E-state index is 0.356. The fourth-order valence-corrected chi connectivity index (χ4v) is 3.49. The summed E-state index contributed by atoms with van der Waals surface area (Å²) >= 11 is 16.2. The predicted octanol–water partition coefficient (Wildman–Crippen LogP) is 7.71. The number of nitrogens with zero attached hydrogens (tertiary/aromatic N) is 1. The zero-order chi connectivity index (χ0) is 20.1. The lowest BCUT2D eigenvalue weighted by Gasteiger charge is -2.11. The number of nitriles is 1. The Bertz CT molecular complexity index is 1030. The first-order valence-electron chi connectivity index (χ1n) is 8.51. The summed E-state index contributed by atoms with van der Waals surface area (Å²) in [6.45, 7) is 2.36. The summed E-state index contributed by atoms with van der Waals surface area (Å²) in [5, 5.41) is 10.3. The highest BCUT2D eigenvalue weighted by Gasteiger charge is 2.11. The standard InChI is InChI=1S/C23H16BrCl2NO/c1-15-2-6-18(7-3-15)19(13-27)10-17-11-21(25)23(22(26)12-17)28-14-16-4-8-20(24)9-5-16/h2-12H,14H2,1H3/b19-10-. The van der Waals surface area contributed by atoms with Crippen LogP contribution < -0.4 is 4.74 Å². The molecule has 0 amide bonds. The van der Waals surface area contributed by atoms with Crippen molar-refractivity contribution >= 4 is 50.8 Å². The summed E-state index contributed by atoms with van der Waals surface area (Å²) in [7, 11) is 0. The van der Waals surface area contributed by atoms with E-state index in [1.165, 1.54) is 0 Å². The molecule has 0 atom stereocenters. The summed E-state index contributed by atoms with van der Waals surface area (Å²) in [5.74, 6) is 0.428. The third-order valence-electron chi connectivity index (χ3n) is 4.11. The average molecular weight is 473 g/mol. The Balaban J connectivity index is 1.83. The topological polar surface area (TPSA) is 33.0 Å². The van der Waals surface area contributed by atoms with Gasteiger partial charge >= 0.3 is 0 Å². The van der Waals surface area contributed by atoms with Crippen molar-refractivity contribution in [3.8, 4) is 11.8 Å². The molecule has 0 radical (unpaired) electrons. The number of benzene rings is 3. The molecule has 0 saturated carbocycles. The molecule has 0 aliphatic carbocycles. The van der Waals surface area contributed by atoms with Gasteiger partial charge < -0.3 is 4.74 Å². The van der Waals surface area contributed by atoms with Crippen molar-refractivity contribution in [3.05, 3.63) is 97.4 Å². The second kappa shape index (κ2) is 9.30. The van der Waals surface area contributed by atoms with Crippen LogP contribution in [0.15, 0.2) is 65.1 Å². The van der Waals surface area contributed by atoms with Gasteiger partial charge in [-0.1, -0.05) is 81.1 Å². The number of hydrogen-bond acceptors (Lipinski definition) is 2. The van der Waals surface area contributed by atoms with Crippen LogP contribution in [0.3, 0.4) is 0 Å². The monoisotopic (exact) mass is 471 g/mol. The van der Waals surface area contributed by atoms with E-state index in [0.29, 0.717) is 28.0 Å². The number of hydrogen-bond donors (Lipinski definition) is 0. The van der Waals surface area contributed by atoms with Gasteiger partial charge in [0.2, 0.25) is 0 Å². The van der Waals surface area contributed by atoms with E-state index in [4.69, 9.17) is 27.9 Å². The van der Waals surface area contributed by atoms with Gasteiger partial charge in [-0.25, -0.2) is 0 Å². The SMILES string of the molecule is Cc1ccc(/C(C#N)=C\c2cc(Cl)c(OCc3ccc(Br)cc3)c(Cl)c2)cc1. The van der Waals surface area contributed by atoms with Gasteiger partial charge in [-0.2, -0.15) is 5.26 Å². The number of rotatable bonds is 5. The van der Waals surface area contributed by atoms with Gasteiger partial charge in [-0.05, 0) is 54.0 Å². The van der Waals surface area contributed by atoms with Crippen LogP contribution in [0.1, 0.15) is 22.3 Å². The summed E-state index contributed by atoms with van der Waals surface area (Å²) in [6.07, 6.45) is 1.76. The maximum Gasteiger partial charge on any atom is 0.157 e. The second-order valence-electron chi connectivity index (χ2n) is 6.26. The van der Waals surface area contributed by atoms with E-state index in [1.807, 2.05) is 55.5 Å². The lowest BCUT2D eigenvalue weighted by Crippen LogP contribution is -1.97. The molecular formula is C23H16BrCl2NO. The van der Waals surface area contributed by atoms with Crippen molar-refractivity contribution in [1.82, 2.24) is 0 Å². The molecule has 0 spiro atoms. The first kappa shape index (κ1) is 20.5. The summed E-state index contributed by atoms with van der Waals surface area (Å²) in [6, 6.07) is 21.3. The van der Waals surface area contributed by atoms with E-state index < -0.39 is 0 Å².